The molecule has 8 nitrogen and oxygen atoms in total. The predicted octanol–water partition coefficient (Wildman–Crippen LogP) is 2.66. The molecular weight excluding hydrogens is 422 g/mol. The maximum absolute atomic E-state index is 13.8. The van der Waals surface area contributed by atoms with E-state index in [1.807, 2.05) is 0 Å². The van der Waals surface area contributed by atoms with Crippen LogP contribution in [0.4, 0.5) is 8.78 Å². The molecule has 0 saturated carbocycles. The minimum absolute atomic E-state index is 0.0579. The number of carbonyl (C=O) groups excluding carboxylic acids is 1. The van der Waals surface area contributed by atoms with Gasteiger partial charge in [0.2, 0.25) is 5.88 Å². The van der Waals surface area contributed by atoms with Crippen molar-refractivity contribution in [3.05, 3.63) is 69.0 Å². The summed E-state index contributed by atoms with van der Waals surface area (Å²) < 4.78 is 34.1. The van der Waals surface area contributed by atoms with Gasteiger partial charge in [-0.1, -0.05) is 11.6 Å². The van der Waals surface area contributed by atoms with Crippen LogP contribution in [0, 0.1) is 18.6 Å². The molecule has 1 N–H and O–H groups in total. The Hall–Kier alpha value is -3.11. The van der Waals surface area contributed by atoms with Crippen molar-refractivity contribution in [2.75, 3.05) is 0 Å². The van der Waals surface area contributed by atoms with E-state index in [1.54, 1.807) is 0 Å². The first kappa shape index (κ1) is 21.6. The van der Waals surface area contributed by atoms with Gasteiger partial charge in [-0.2, -0.15) is 10.1 Å². The van der Waals surface area contributed by atoms with Crippen molar-refractivity contribution < 1.29 is 23.4 Å². The van der Waals surface area contributed by atoms with Crippen LogP contribution in [0.3, 0.4) is 0 Å². The molecule has 1 aromatic carbocycles. The first-order valence-electron chi connectivity index (χ1n) is 8.67. The van der Waals surface area contributed by atoms with Gasteiger partial charge in [0, 0.05) is 11.6 Å². The van der Waals surface area contributed by atoms with Gasteiger partial charge >= 0.3 is 0 Å². The molecule has 11 heteroatoms. The summed E-state index contributed by atoms with van der Waals surface area (Å²) in [7, 11) is 0. The summed E-state index contributed by atoms with van der Waals surface area (Å²) in [4.78, 5) is 29.0. The fourth-order valence-corrected chi connectivity index (χ4v) is 2.77. The Bertz CT molecular complexity index is 1180. The van der Waals surface area contributed by atoms with Gasteiger partial charge in [0.05, 0.1) is 18.1 Å². The third kappa shape index (κ3) is 4.24. The summed E-state index contributed by atoms with van der Waals surface area (Å²) in [5.74, 6) is -2.29. The monoisotopic (exact) mass is 438 g/mol. The van der Waals surface area contributed by atoms with E-state index in [2.05, 4.69) is 10.1 Å². The first-order valence-corrected chi connectivity index (χ1v) is 9.05. The number of hydrogen-bond donors (Lipinski definition) is 1. The molecule has 0 atom stereocenters. The van der Waals surface area contributed by atoms with E-state index in [0.717, 1.165) is 15.3 Å². The number of nitrogens with zero attached hydrogens (tertiary/aromatic N) is 4. The summed E-state index contributed by atoms with van der Waals surface area (Å²) in [6.45, 7) is 3.79. The number of aliphatic hydroxyl groups is 1. The first-order chi connectivity index (χ1) is 14.0. The van der Waals surface area contributed by atoms with Crippen LogP contribution in [-0.2, 0) is 6.61 Å². The zero-order valence-electron chi connectivity index (χ0n) is 16.2. The smallest absolute Gasteiger partial charge is 0.280 e. The van der Waals surface area contributed by atoms with E-state index < -0.39 is 28.7 Å². The Morgan fingerprint density at radius 3 is 2.67 bits per heavy atom. The highest BCUT2D eigenvalue weighted by Crippen LogP contribution is 2.22. The van der Waals surface area contributed by atoms with Crippen molar-refractivity contribution in [1.82, 2.24) is 19.3 Å². The van der Waals surface area contributed by atoms with Gasteiger partial charge < -0.3 is 9.84 Å². The molecule has 2 aromatic heterocycles. The van der Waals surface area contributed by atoms with Crippen LogP contribution in [0.25, 0.3) is 5.69 Å². The van der Waals surface area contributed by atoms with Crippen LogP contribution < -0.4 is 10.3 Å². The molecular formula is C19H17ClF2N4O4. The second-order valence-corrected chi connectivity index (χ2v) is 7.33. The Kier molecular flexibility index (Phi) is 5.73. The molecule has 0 aliphatic rings. The van der Waals surface area contributed by atoms with Crippen LogP contribution in [0.1, 0.15) is 30.0 Å². The van der Waals surface area contributed by atoms with Crippen molar-refractivity contribution in [3.63, 3.8) is 0 Å². The number of hydrogen-bond acceptors (Lipinski definition) is 6. The van der Waals surface area contributed by atoms with Gasteiger partial charge in [-0.3, -0.25) is 14.2 Å². The highest BCUT2D eigenvalue weighted by atomic mass is 35.5. The lowest BCUT2D eigenvalue weighted by molar-refractivity contribution is 0.0374. The third-order valence-corrected chi connectivity index (χ3v) is 4.43. The van der Waals surface area contributed by atoms with Crippen molar-refractivity contribution in [2.24, 2.45) is 0 Å². The fraction of sp³-hybridized carbons (Fsp3) is 0.263. The summed E-state index contributed by atoms with van der Waals surface area (Å²) in [5.41, 5.74) is -2.11. The Balaban J connectivity index is 1.91. The Morgan fingerprint density at radius 1 is 1.33 bits per heavy atom. The van der Waals surface area contributed by atoms with Crippen LogP contribution in [0.2, 0.25) is 5.02 Å². The zero-order valence-corrected chi connectivity index (χ0v) is 16.9. The number of aromatic nitrogens is 4. The molecule has 0 spiro atoms. The highest BCUT2D eigenvalue weighted by molar-refractivity contribution is 6.31. The van der Waals surface area contributed by atoms with Crippen molar-refractivity contribution in [3.8, 4) is 11.6 Å². The lowest BCUT2D eigenvalue weighted by Crippen LogP contribution is -2.36. The maximum atomic E-state index is 13.8. The standard InChI is InChI=1S/C19H17ClF2N4O4/c1-10-24-16(30-9-11-4-5-12(21)6-14(11)22)15(20)17(27)26(10)13-7-23-25(8-13)18(28)19(2,3)29/h4-8,29H,9H2,1-3H3. The molecule has 0 unspecified atom stereocenters. The molecule has 3 aromatic rings. The average molecular weight is 439 g/mol. The summed E-state index contributed by atoms with van der Waals surface area (Å²) in [6.07, 6.45) is 2.49. The van der Waals surface area contributed by atoms with E-state index in [4.69, 9.17) is 16.3 Å². The van der Waals surface area contributed by atoms with Crippen LogP contribution in [-0.4, -0.2) is 35.9 Å². The molecule has 0 aliphatic heterocycles. The Morgan fingerprint density at radius 2 is 2.03 bits per heavy atom. The quantitative estimate of drug-likeness (QED) is 0.657. The van der Waals surface area contributed by atoms with E-state index in [9.17, 15) is 23.5 Å². The number of rotatable bonds is 5. The topological polar surface area (TPSA) is 99.2 Å². The third-order valence-electron chi connectivity index (χ3n) is 4.10. The summed E-state index contributed by atoms with van der Waals surface area (Å²) in [5, 5.41) is 13.3. The summed E-state index contributed by atoms with van der Waals surface area (Å²) in [6, 6.07) is 3.00. The largest absolute Gasteiger partial charge is 0.471 e. The van der Waals surface area contributed by atoms with Gasteiger partial charge in [0.15, 0.2) is 5.02 Å². The lowest BCUT2D eigenvalue weighted by Gasteiger charge is -2.14. The van der Waals surface area contributed by atoms with Crippen LogP contribution >= 0.6 is 11.6 Å². The molecule has 0 bridgehead atoms. The maximum Gasteiger partial charge on any atom is 0.280 e. The average Bonchev–Trinajstić information content (AvgIpc) is 3.12. The number of ether oxygens (including phenoxy) is 1. The van der Waals surface area contributed by atoms with Crippen molar-refractivity contribution in [1.29, 1.82) is 0 Å². The molecule has 0 amide bonds. The number of aryl methyl sites for hydroxylation is 1. The van der Waals surface area contributed by atoms with Gasteiger partial charge in [-0.05, 0) is 32.9 Å². The van der Waals surface area contributed by atoms with Gasteiger partial charge in [0.25, 0.3) is 11.5 Å². The molecule has 2 heterocycles. The van der Waals surface area contributed by atoms with Crippen molar-refractivity contribution >= 4 is 17.5 Å². The molecule has 0 saturated heterocycles. The predicted molar refractivity (Wildman–Crippen MR) is 103 cm³/mol. The number of halogens is 3. The molecule has 0 radical (unpaired) electrons. The van der Waals surface area contributed by atoms with E-state index >= 15 is 0 Å². The SMILES string of the molecule is Cc1nc(OCc2ccc(F)cc2F)c(Cl)c(=O)n1-c1cnn(C(=O)C(C)(C)O)c1. The van der Waals surface area contributed by atoms with E-state index in [1.165, 1.54) is 39.2 Å². The van der Waals surface area contributed by atoms with Gasteiger partial charge in [0.1, 0.15) is 29.7 Å². The molecule has 3 rings (SSSR count). The van der Waals surface area contributed by atoms with Gasteiger partial charge in [-0.15, -0.1) is 0 Å². The Labute approximate surface area is 174 Å². The van der Waals surface area contributed by atoms with E-state index in [-0.39, 0.29) is 34.6 Å². The van der Waals surface area contributed by atoms with Crippen molar-refractivity contribution in [2.45, 2.75) is 33.0 Å². The van der Waals surface area contributed by atoms with Crippen LogP contribution in [0.15, 0.2) is 35.4 Å². The normalized spacial score (nSPS) is 11.6. The molecule has 158 valence electrons. The summed E-state index contributed by atoms with van der Waals surface area (Å²) >= 11 is 6.08. The number of carbonyl (C=O) groups is 1. The lowest BCUT2D eigenvalue weighted by atomic mass is 10.1. The minimum Gasteiger partial charge on any atom is -0.471 e. The second kappa shape index (κ2) is 7.96. The molecule has 30 heavy (non-hydrogen) atoms. The molecule has 0 aliphatic carbocycles. The molecule has 0 fully saturated rings. The number of benzene rings is 1. The zero-order chi connectivity index (χ0) is 22.2. The highest BCUT2D eigenvalue weighted by Gasteiger charge is 2.27. The second-order valence-electron chi connectivity index (χ2n) is 6.95. The van der Waals surface area contributed by atoms with Gasteiger partial charge in [-0.25, -0.2) is 13.5 Å². The van der Waals surface area contributed by atoms with E-state index in [0.29, 0.717) is 6.07 Å². The minimum atomic E-state index is -1.66. The fourth-order valence-electron chi connectivity index (χ4n) is 2.59. The van der Waals surface area contributed by atoms with Crippen LogP contribution in [0.5, 0.6) is 5.88 Å².